The number of carbonyl (C=O) groups is 1. The van der Waals surface area contributed by atoms with Crippen LogP contribution in [0.5, 0.6) is 5.75 Å². The van der Waals surface area contributed by atoms with E-state index in [-0.39, 0.29) is 5.91 Å². The number of ether oxygens (including phenoxy) is 1. The molecule has 31 heavy (non-hydrogen) atoms. The first kappa shape index (κ1) is 19.1. The van der Waals surface area contributed by atoms with Crippen LogP contribution in [0.2, 0.25) is 0 Å². The molecule has 1 saturated heterocycles. The number of pyridine rings is 1. The molecule has 3 heterocycles. The lowest BCUT2D eigenvalue weighted by atomic mass is 10.1. The molecular weight excluding hydrogens is 408 g/mol. The van der Waals surface area contributed by atoms with E-state index in [4.69, 9.17) is 4.74 Å². The number of rotatable bonds is 4. The predicted octanol–water partition coefficient (Wildman–Crippen LogP) is 5.38. The number of para-hydroxylation sites is 1. The number of nitrogens with zero attached hydrogens (tertiary/aromatic N) is 3. The molecule has 1 amide bonds. The zero-order chi connectivity index (χ0) is 21.2. The Morgan fingerprint density at radius 2 is 1.97 bits per heavy atom. The maximum atomic E-state index is 13.3. The van der Waals surface area contributed by atoms with Crippen molar-refractivity contribution in [1.82, 2.24) is 9.97 Å². The van der Waals surface area contributed by atoms with E-state index >= 15 is 0 Å². The Morgan fingerprint density at radius 1 is 1.10 bits per heavy atom. The second kappa shape index (κ2) is 8.12. The molecule has 1 aliphatic heterocycles. The third-order valence-electron chi connectivity index (χ3n) is 4.86. The lowest BCUT2D eigenvalue weighted by molar-refractivity contribution is -0.113. The number of H-pyrrole nitrogens is 1. The third-order valence-corrected chi connectivity index (χ3v) is 5.83. The SMILES string of the molecule is COc1ccc(/N=C2\S/C(=C\c3ccc4[nH]ccc4c3)C(=O)N2c2ccccc2)nc1. The van der Waals surface area contributed by atoms with Crippen molar-refractivity contribution >= 4 is 51.3 Å². The van der Waals surface area contributed by atoms with E-state index in [2.05, 4.69) is 21.0 Å². The first-order chi connectivity index (χ1) is 15.2. The Kier molecular flexibility index (Phi) is 5.01. The fourth-order valence-electron chi connectivity index (χ4n) is 3.32. The van der Waals surface area contributed by atoms with Crippen LogP contribution in [0.1, 0.15) is 5.56 Å². The molecule has 152 valence electrons. The van der Waals surface area contributed by atoms with Gasteiger partial charge in [-0.2, -0.15) is 0 Å². The summed E-state index contributed by atoms with van der Waals surface area (Å²) in [6.45, 7) is 0. The van der Waals surface area contributed by atoms with Crippen LogP contribution < -0.4 is 9.64 Å². The number of carbonyl (C=O) groups excluding carboxylic acids is 1. The zero-order valence-electron chi connectivity index (χ0n) is 16.6. The van der Waals surface area contributed by atoms with Crippen LogP contribution in [-0.4, -0.2) is 28.2 Å². The summed E-state index contributed by atoms with van der Waals surface area (Å²) in [7, 11) is 1.59. The summed E-state index contributed by atoms with van der Waals surface area (Å²) in [5.41, 5.74) is 2.78. The summed E-state index contributed by atoms with van der Waals surface area (Å²) in [4.78, 5) is 27.7. The van der Waals surface area contributed by atoms with Gasteiger partial charge in [0, 0.05) is 11.7 Å². The summed E-state index contributed by atoms with van der Waals surface area (Å²) in [6.07, 6.45) is 5.41. The monoisotopic (exact) mass is 426 g/mol. The van der Waals surface area contributed by atoms with Crippen LogP contribution in [0, 0.1) is 0 Å². The summed E-state index contributed by atoms with van der Waals surface area (Å²) in [6, 6.07) is 21.1. The normalized spacial score (nSPS) is 16.5. The molecule has 1 aliphatic rings. The highest BCUT2D eigenvalue weighted by molar-refractivity contribution is 8.19. The first-order valence-corrected chi connectivity index (χ1v) is 10.5. The quantitative estimate of drug-likeness (QED) is 0.445. The topological polar surface area (TPSA) is 70.6 Å². The molecule has 5 rings (SSSR count). The first-order valence-electron chi connectivity index (χ1n) is 9.66. The van der Waals surface area contributed by atoms with E-state index in [9.17, 15) is 4.79 Å². The molecule has 0 aliphatic carbocycles. The summed E-state index contributed by atoms with van der Waals surface area (Å²) >= 11 is 1.34. The number of aromatic amines is 1. The van der Waals surface area contributed by atoms with Gasteiger partial charge in [0.05, 0.1) is 23.9 Å². The second-order valence-corrected chi connectivity index (χ2v) is 7.87. The van der Waals surface area contributed by atoms with Gasteiger partial charge in [0.2, 0.25) is 0 Å². The maximum Gasteiger partial charge on any atom is 0.271 e. The number of nitrogens with one attached hydrogen (secondary N) is 1. The van der Waals surface area contributed by atoms with Gasteiger partial charge >= 0.3 is 0 Å². The molecule has 0 radical (unpaired) electrons. The Morgan fingerprint density at radius 3 is 2.74 bits per heavy atom. The largest absolute Gasteiger partial charge is 0.495 e. The maximum absolute atomic E-state index is 13.3. The Bertz CT molecular complexity index is 1310. The van der Waals surface area contributed by atoms with Gasteiger partial charge < -0.3 is 9.72 Å². The highest BCUT2D eigenvalue weighted by atomic mass is 32.2. The van der Waals surface area contributed by atoms with Gasteiger partial charge in [-0.1, -0.05) is 24.3 Å². The molecule has 2 aromatic carbocycles. The number of thioether (sulfide) groups is 1. The summed E-state index contributed by atoms with van der Waals surface area (Å²) in [5, 5.41) is 1.66. The van der Waals surface area contributed by atoms with Crippen molar-refractivity contribution in [2.75, 3.05) is 12.0 Å². The minimum atomic E-state index is -0.113. The minimum absolute atomic E-state index is 0.113. The lowest BCUT2D eigenvalue weighted by Gasteiger charge is -2.15. The van der Waals surface area contributed by atoms with Gasteiger partial charge in [0.1, 0.15) is 5.75 Å². The molecule has 0 atom stereocenters. The number of anilines is 1. The highest BCUT2D eigenvalue weighted by Crippen LogP contribution is 2.37. The lowest BCUT2D eigenvalue weighted by Crippen LogP contribution is -2.28. The van der Waals surface area contributed by atoms with Crippen molar-refractivity contribution in [3.63, 3.8) is 0 Å². The Hall–Kier alpha value is -3.84. The number of aromatic nitrogens is 2. The number of hydrogen-bond donors (Lipinski definition) is 1. The molecule has 0 spiro atoms. The van der Waals surface area contributed by atoms with Crippen LogP contribution in [0.15, 0.2) is 89.0 Å². The second-order valence-electron chi connectivity index (χ2n) is 6.86. The Labute approximate surface area is 183 Å². The van der Waals surface area contributed by atoms with Crippen LogP contribution in [0.25, 0.3) is 17.0 Å². The van der Waals surface area contributed by atoms with E-state index in [0.717, 1.165) is 22.2 Å². The van der Waals surface area contributed by atoms with Crippen molar-refractivity contribution in [3.8, 4) is 5.75 Å². The summed E-state index contributed by atoms with van der Waals surface area (Å²) in [5.74, 6) is 1.05. The van der Waals surface area contributed by atoms with Crippen molar-refractivity contribution < 1.29 is 9.53 Å². The molecule has 1 N–H and O–H groups in total. The number of hydrogen-bond acceptors (Lipinski definition) is 5. The standard InChI is InChI=1S/C24H18N4O2S/c1-30-19-8-10-22(26-15-19)27-24-28(18-5-3-2-4-6-18)23(29)21(31-24)14-16-7-9-20-17(13-16)11-12-25-20/h2-15,25H,1H3/b21-14-,27-24-. The van der Waals surface area contributed by atoms with Gasteiger partial charge in [-0.25, -0.2) is 9.98 Å². The van der Waals surface area contributed by atoms with E-state index in [1.54, 1.807) is 30.3 Å². The molecule has 1 fully saturated rings. The van der Waals surface area contributed by atoms with Gasteiger partial charge in [0.15, 0.2) is 11.0 Å². The van der Waals surface area contributed by atoms with Gasteiger partial charge in [-0.05, 0) is 71.3 Å². The average Bonchev–Trinajstić information content (AvgIpc) is 3.39. The molecule has 7 heteroatoms. The fourth-order valence-corrected chi connectivity index (χ4v) is 4.31. The average molecular weight is 427 g/mol. The predicted molar refractivity (Wildman–Crippen MR) is 126 cm³/mol. The molecule has 0 bridgehead atoms. The number of aliphatic imine (C=N–C) groups is 1. The number of fused-ring (bicyclic) bond motifs is 1. The van der Waals surface area contributed by atoms with Crippen molar-refractivity contribution in [2.45, 2.75) is 0 Å². The van der Waals surface area contributed by atoms with Gasteiger partial charge in [-0.3, -0.25) is 9.69 Å². The van der Waals surface area contributed by atoms with E-state index in [1.807, 2.05) is 60.8 Å². The Balaban J connectivity index is 1.55. The number of benzene rings is 2. The van der Waals surface area contributed by atoms with E-state index in [1.165, 1.54) is 11.8 Å². The molecule has 2 aromatic heterocycles. The fraction of sp³-hybridized carbons (Fsp3) is 0.0417. The number of amidine groups is 1. The highest BCUT2D eigenvalue weighted by Gasteiger charge is 2.34. The van der Waals surface area contributed by atoms with Crippen molar-refractivity contribution in [2.24, 2.45) is 4.99 Å². The molecular formula is C24H18N4O2S. The zero-order valence-corrected chi connectivity index (χ0v) is 17.5. The number of amides is 1. The third kappa shape index (κ3) is 3.83. The van der Waals surface area contributed by atoms with E-state index < -0.39 is 0 Å². The van der Waals surface area contributed by atoms with Crippen molar-refractivity contribution in [1.29, 1.82) is 0 Å². The van der Waals surface area contributed by atoms with Gasteiger partial charge in [0.25, 0.3) is 5.91 Å². The summed E-state index contributed by atoms with van der Waals surface area (Å²) < 4.78 is 5.16. The van der Waals surface area contributed by atoms with E-state index in [0.29, 0.717) is 21.6 Å². The van der Waals surface area contributed by atoms with Crippen LogP contribution >= 0.6 is 11.8 Å². The smallest absolute Gasteiger partial charge is 0.271 e. The van der Waals surface area contributed by atoms with Crippen molar-refractivity contribution in [3.05, 3.63) is 89.6 Å². The minimum Gasteiger partial charge on any atom is -0.495 e. The van der Waals surface area contributed by atoms with Crippen LogP contribution in [-0.2, 0) is 4.79 Å². The van der Waals surface area contributed by atoms with Crippen LogP contribution in [0.3, 0.4) is 0 Å². The van der Waals surface area contributed by atoms with Crippen LogP contribution in [0.4, 0.5) is 11.5 Å². The molecule has 0 saturated carbocycles. The molecule has 4 aromatic rings. The molecule has 0 unspecified atom stereocenters. The molecule has 6 nitrogen and oxygen atoms in total. The number of methoxy groups -OCH3 is 1. The van der Waals surface area contributed by atoms with Gasteiger partial charge in [-0.15, -0.1) is 0 Å².